The van der Waals surface area contributed by atoms with E-state index in [1.54, 1.807) is 0 Å². The van der Waals surface area contributed by atoms with Gasteiger partial charge in [-0.1, -0.05) is 24.3 Å². The summed E-state index contributed by atoms with van der Waals surface area (Å²) in [5.41, 5.74) is 2.40. The molecule has 0 unspecified atom stereocenters. The summed E-state index contributed by atoms with van der Waals surface area (Å²) in [4.78, 5) is 0.828. The third kappa shape index (κ3) is 2.97. The Bertz CT molecular complexity index is 772. The first-order chi connectivity index (χ1) is 10.6. The second-order valence-electron chi connectivity index (χ2n) is 5.58. The Balaban J connectivity index is 1.83. The summed E-state index contributed by atoms with van der Waals surface area (Å²) in [6.07, 6.45) is 1.81. The average molecular weight is 316 g/mol. The van der Waals surface area contributed by atoms with E-state index in [-0.39, 0.29) is 6.10 Å². The Morgan fingerprint density at radius 2 is 1.91 bits per heavy atom. The molecule has 6 heteroatoms. The first-order valence-corrected chi connectivity index (χ1v) is 8.34. The molecule has 0 bridgehead atoms. The minimum Gasteiger partial charge on any atom is -0.483 e. The Morgan fingerprint density at radius 3 is 2.59 bits per heavy atom. The standard InChI is InChI=1S/C16H20N4OS/c1-5-6-14-17-18-16-20(14)19-15(22-16)12(4)21-13-8-10(2)7-11(3)9-13/h7-9,12H,5-6H2,1-4H3/t12-/m0/s1. The molecule has 22 heavy (non-hydrogen) atoms. The fourth-order valence-electron chi connectivity index (χ4n) is 2.47. The quantitative estimate of drug-likeness (QED) is 0.716. The van der Waals surface area contributed by atoms with Gasteiger partial charge in [-0.3, -0.25) is 0 Å². The van der Waals surface area contributed by atoms with Crippen molar-refractivity contribution in [3.63, 3.8) is 0 Å². The maximum Gasteiger partial charge on any atom is 0.234 e. The summed E-state index contributed by atoms with van der Waals surface area (Å²) in [6, 6.07) is 6.23. The van der Waals surface area contributed by atoms with Crippen LogP contribution in [0.3, 0.4) is 0 Å². The van der Waals surface area contributed by atoms with Crippen LogP contribution in [0.15, 0.2) is 18.2 Å². The zero-order valence-electron chi connectivity index (χ0n) is 13.3. The number of rotatable bonds is 5. The van der Waals surface area contributed by atoms with E-state index in [9.17, 15) is 0 Å². The number of fused-ring (bicyclic) bond motifs is 1. The fourth-order valence-corrected chi connectivity index (χ4v) is 3.31. The summed E-state index contributed by atoms with van der Waals surface area (Å²) in [7, 11) is 0. The zero-order chi connectivity index (χ0) is 15.7. The predicted molar refractivity (Wildman–Crippen MR) is 87.6 cm³/mol. The summed E-state index contributed by atoms with van der Waals surface area (Å²) < 4.78 is 7.89. The molecule has 3 rings (SSSR count). The van der Waals surface area contributed by atoms with Gasteiger partial charge in [0.05, 0.1) is 0 Å². The molecule has 2 aromatic heterocycles. The lowest BCUT2D eigenvalue weighted by molar-refractivity contribution is 0.224. The molecule has 0 saturated heterocycles. The third-order valence-corrected chi connectivity index (χ3v) is 4.46. The summed E-state index contributed by atoms with van der Waals surface area (Å²) >= 11 is 1.53. The molecule has 0 aliphatic carbocycles. The molecule has 1 atom stereocenters. The first-order valence-electron chi connectivity index (χ1n) is 7.52. The van der Waals surface area contributed by atoms with Gasteiger partial charge in [0.15, 0.2) is 10.8 Å². The van der Waals surface area contributed by atoms with Crippen LogP contribution in [0.25, 0.3) is 4.96 Å². The van der Waals surface area contributed by atoms with Gasteiger partial charge in [-0.2, -0.15) is 9.61 Å². The van der Waals surface area contributed by atoms with Crippen molar-refractivity contribution in [1.82, 2.24) is 19.8 Å². The van der Waals surface area contributed by atoms with Gasteiger partial charge in [-0.05, 0) is 50.5 Å². The SMILES string of the molecule is CCCc1nnc2sc([C@H](C)Oc3cc(C)cc(C)c3)nn12. The molecule has 116 valence electrons. The Kier molecular flexibility index (Phi) is 4.11. The third-order valence-electron chi connectivity index (χ3n) is 3.40. The van der Waals surface area contributed by atoms with E-state index in [1.165, 1.54) is 22.5 Å². The minimum absolute atomic E-state index is 0.109. The zero-order valence-corrected chi connectivity index (χ0v) is 14.1. The van der Waals surface area contributed by atoms with Crippen molar-refractivity contribution in [3.05, 3.63) is 40.2 Å². The van der Waals surface area contributed by atoms with Gasteiger partial charge < -0.3 is 4.74 Å². The highest BCUT2D eigenvalue weighted by atomic mass is 32.1. The maximum absolute atomic E-state index is 6.05. The van der Waals surface area contributed by atoms with Crippen molar-refractivity contribution >= 4 is 16.3 Å². The number of ether oxygens (including phenoxy) is 1. The average Bonchev–Trinajstić information content (AvgIpc) is 3.00. The van der Waals surface area contributed by atoms with Crippen LogP contribution in [0.5, 0.6) is 5.75 Å². The van der Waals surface area contributed by atoms with Crippen molar-refractivity contribution in [2.75, 3.05) is 0 Å². The number of aryl methyl sites for hydroxylation is 3. The van der Waals surface area contributed by atoms with Crippen LogP contribution >= 0.6 is 11.3 Å². The monoisotopic (exact) mass is 316 g/mol. The molecule has 0 aliphatic rings. The van der Waals surface area contributed by atoms with E-state index >= 15 is 0 Å². The minimum atomic E-state index is -0.109. The molecule has 0 fully saturated rings. The number of hydrogen-bond acceptors (Lipinski definition) is 5. The van der Waals surface area contributed by atoms with Gasteiger partial charge in [0, 0.05) is 6.42 Å². The topological polar surface area (TPSA) is 52.3 Å². The van der Waals surface area contributed by atoms with E-state index in [0.717, 1.165) is 34.4 Å². The second kappa shape index (κ2) is 6.04. The first kappa shape index (κ1) is 15.0. The largest absolute Gasteiger partial charge is 0.483 e. The number of benzene rings is 1. The normalized spacial score (nSPS) is 12.7. The van der Waals surface area contributed by atoms with Crippen molar-refractivity contribution in [2.24, 2.45) is 0 Å². The molecule has 0 amide bonds. The molecular weight excluding hydrogens is 296 g/mol. The van der Waals surface area contributed by atoms with E-state index in [1.807, 2.05) is 23.6 Å². The fraction of sp³-hybridized carbons (Fsp3) is 0.438. The highest BCUT2D eigenvalue weighted by Gasteiger charge is 2.17. The van der Waals surface area contributed by atoms with E-state index in [2.05, 4.69) is 42.1 Å². The second-order valence-corrected chi connectivity index (χ2v) is 6.57. The summed E-state index contributed by atoms with van der Waals surface area (Å²) in [5, 5.41) is 13.9. The smallest absolute Gasteiger partial charge is 0.234 e. The summed E-state index contributed by atoms with van der Waals surface area (Å²) in [5.74, 6) is 1.79. The van der Waals surface area contributed by atoms with Crippen molar-refractivity contribution in [1.29, 1.82) is 0 Å². The van der Waals surface area contributed by atoms with Gasteiger partial charge in [0.25, 0.3) is 0 Å². The van der Waals surface area contributed by atoms with E-state index in [0.29, 0.717) is 0 Å². The van der Waals surface area contributed by atoms with Gasteiger partial charge in [-0.15, -0.1) is 10.2 Å². The highest BCUT2D eigenvalue weighted by Crippen LogP contribution is 2.27. The maximum atomic E-state index is 6.05. The van der Waals surface area contributed by atoms with Gasteiger partial charge in [0.2, 0.25) is 4.96 Å². The molecule has 0 spiro atoms. The summed E-state index contributed by atoms with van der Waals surface area (Å²) in [6.45, 7) is 8.29. The molecular formula is C16H20N4OS. The van der Waals surface area contributed by atoms with Gasteiger partial charge >= 0.3 is 0 Å². The molecule has 0 N–H and O–H groups in total. The van der Waals surface area contributed by atoms with Crippen LogP contribution in [0, 0.1) is 13.8 Å². The van der Waals surface area contributed by atoms with Gasteiger partial charge in [-0.25, -0.2) is 0 Å². The Morgan fingerprint density at radius 1 is 1.18 bits per heavy atom. The molecule has 2 heterocycles. The van der Waals surface area contributed by atoms with Crippen molar-refractivity contribution in [2.45, 2.75) is 46.6 Å². The highest BCUT2D eigenvalue weighted by molar-refractivity contribution is 7.16. The molecule has 3 aromatic rings. The van der Waals surface area contributed by atoms with Crippen LogP contribution in [0.2, 0.25) is 0 Å². The van der Waals surface area contributed by atoms with E-state index < -0.39 is 0 Å². The predicted octanol–water partition coefficient (Wildman–Crippen LogP) is 3.90. The van der Waals surface area contributed by atoms with Crippen LogP contribution < -0.4 is 4.74 Å². The Hall–Kier alpha value is -1.95. The lowest BCUT2D eigenvalue weighted by atomic mass is 10.1. The van der Waals surface area contributed by atoms with Crippen LogP contribution in [-0.2, 0) is 6.42 Å². The van der Waals surface area contributed by atoms with Crippen molar-refractivity contribution < 1.29 is 4.74 Å². The molecule has 0 saturated carbocycles. The van der Waals surface area contributed by atoms with Crippen LogP contribution in [-0.4, -0.2) is 19.8 Å². The van der Waals surface area contributed by atoms with Crippen LogP contribution in [0.4, 0.5) is 0 Å². The molecule has 1 aromatic carbocycles. The van der Waals surface area contributed by atoms with Crippen LogP contribution in [0.1, 0.15) is 48.3 Å². The lowest BCUT2D eigenvalue weighted by Crippen LogP contribution is -2.05. The molecule has 0 aliphatic heterocycles. The molecule has 5 nitrogen and oxygen atoms in total. The lowest BCUT2D eigenvalue weighted by Gasteiger charge is -2.13. The van der Waals surface area contributed by atoms with Crippen molar-refractivity contribution in [3.8, 4) is 5.75 Å². The number of hydrogen-bond donors (Lipinski definition) is 0. The van der Waals surface area contributed by atoms with E-state index in [4.69, 9.17) is 4.74 Å². The van der Waals surface area contributed by atoms with Gasteiger partial charge in [0.1, 0.15) is 11.9 Å². The Labute approximate surface area is 134 Å². The molecule has 0 radical (unpaired) electrons. The number of nitrogens with zero attached hydrogens (tertiary/aromatic N) is 4. The number of aromatic nitrogens is 4.